The number of ether oxygens (including phenoxy) is 2. The van der Waals surface area contributed by atoms with Crippen LogP contribution in [0.25, 0.3) is 11.1 Å². The number of aliphatic hydroxyl groups excluding tert-OH is 1. The second-order valence-corrected chi connectivity index (χ2v) is 9.56. The van der Waals surface area contributed by atoms with E-state index in [2.05, 4.69) is 58.8 Å². The number of pyridine rings is 1. The zero-order chi connectivity index (χ0) is 26.3. The minimum Gasteiger partial charge on any atom is -0.488 e. The Balaban J connectivity index is 1.40. The van der Waals surface area contributed by atoms with E-state index in [0.717, 1.165) is 24.0 Å². The van der Waals surface area contributed by atoms with Crippen LogP contribution in [-0.4, -0.2) is 23.2 Å². The number of hydrogen-bond donors (Lipinski definition) is 2. The average Bonchev–Trinajstić information content (AvgIpc) is 3.37. The maximum atomic E-state index is 9.18. The van der Waals surface area contributed by atoms with Gasteiger partial charge in [0.2, 0.25) is 0 Å². The van der Waals surface area contributed by atoms with E-state index in [4.69, 9.17) is 21.1 Å². The lowest BCUT2D eigenvalue weighted by Crippen LogP contribution is -2.18. The van der Waals surface area contributed by atoms with Crippen molar-refractivity contribution < 1.29 is 14.6 Å². The molecule has 192 valence electrons. The summed E-state index contributed by atoms with van der Waals surface area (Å²) >= 11 is 6.70. The number of fused-ring (bicyclic) bond motifs is 1. The lowest BCUT2D eigenvalue weighted by Gasteiger charge is -2.20. The van der Waals surface area contributed by atoms with Gasteiger partial charge in [0.05, 0.1) is 17.2 Å². The number of nitrogens with one attached hydrogen (secondary N) is 1. The van der Waals surface area contributed by atoms with E-state index in [1.807, 2.05) is 18.2 Å². The molecule has 5 rings (SSSR count). The van der Waals surface area contributed by atoms with Gasteiger partial charge in [0.15, 0.2) is 0 Å². The highest BCUT2D eigenvalue weighted by Crippen LogP contribution is 2.42. The van der Waals surface area contributed by atoms with Crippen LogP contribution in [0.5, 0.6) is 11.5 Å². The molecule has 1 aliphatic rings. The van der Waals surface area contributed by atoms with Gasteiger partial charge in [0.1, 0.15) is 30.3 Å². The largest absolute Gasteiger partial charge is 0.488 e. The number of halogens is 1. The first kappa shape index (κ1) is 25.7. The lowest BCUT2D eigenvalue weighted by atomic mass is 9.97. The van der Waals surface area contributed by atoms with Gasteiger partial charge in [0.25, 0.3) is 0 Å². The molecule has 1 aliphatic carbocycles. The van der Waals surface area contributed by atoms with Crippen LogP contribution in [0, 0.1) is 11.3 Å². The summed E-state index contributed by atoms with van der Waals surface area (Å²) in [7, 11) is 0. The monoisotopic (exact) mass is 525 g/mol. The fraction of sp³-hybridized carbons (Fsp3) is 0.226. The van der Waals surface area contributed by atoms with Crippen molar-refractivity contribution in [1.82, 2.24) is 10.3 Å². The van der Waals surface area contributed by atoms with Gasteiger partial charge in [0, 0.05) is 42.7 Å². The second-order valence-electron chi connectivity index (χ2n) is 9.16. The molecule has 2 N–H and O–H groups in total. The summed E-state index contributed by atoms with van der Waals surface area (Å²) in [5, 5.41) is 22.0. The standard InChI is InChI=1S/C31H28ClN3O3/c32-28-14-24(19-34-11-12-36)30(37-20-22-13-21(16-33)17-35-18-22)15-31(28)38-29-10-9-26-25(7-4-8-27(26)29)23-5-2-1-3-6-23/h1-8,13-15,17-18,29,34,36H,9-12,19-20H2. The second kappa shape index (κ2) is 12.1. The van der Waals surface area contributed by atoms with Crippen molar-refractivity contribution in [3.63, 3.8) is 0 Å². The summed E-state index contributed by atoms with van der Waals surface area (Å²) in [6.07, 6.45) is 4.87. The summed E-state index contributed by atoms with van der Waals surface area (Å²) < 4.78 is 12.7. The van der Waals surface area contributed by atoms with Gasteiger partial charge in [-0.05, 0) is 47.2 Å². The fourth-order valence-corrected chi connectivity index (χ4v) is 5.04. The molecular weight excluding hydrogens is 498 g/mol. The molecule has 38 heavy (non-hydrogen) atoms. The minimum absolute atomic E-state index is 0.0315. The molecule has 0 fully saturated rings. The molecule has 0 saturated carbocycles. The highest BCUT2D eigenvalue weighted by molar-refractivity contribution is 6.32. The summed E-state index contributed by atoms with van der Waals surface area (Å²) in [5.74, 6) is 1.17. The van der Waals surface area contributed by atoms with E-state index < -0.39 is 0 Å². The maximum Gasteiger partial charge on any atom is 0.142 e. The summed E-state index contributed by atoms with van der Waals surface area (Å²) in [5.41, 5.74) is 7.04. The molecule has 4 aromatic rings. The van der Waals surface area contributed by atoms with Gasteiger partial charge in [-0.15, -0.1) is 0 Å². The van der Waals surface area contributed by atoms with Gasteiger partial charge in [-0.1, -0.05) is 60.1 Å². The first-order chi connectivity index (χ1) is 18.7. The zero-order valence-electron chi connectivity index (χ0n) is 20.9. The van der Waals surface area contributed by atoms with Gasteiger partial charge < -0.3 is 19.9 Å². The third-order valence-electron chi connectivity index (χ3n) is 6.61. The Bertz CT molecular complexity index is 1450. The van der Waals surface area contributed by atoms with E-state index in [1.165, 1.54) is 28.5 Å². The van der Waals surface area contributed by atoms with Crippen LogP contribution in [-0.2, 0) is 19.6 Å². The van der Waals surface area contributed by atoms with Crippen LogP contribution in [0.2, 0.25) is 5.02 Å². The van der Waals surface area contributed by atoms with Crippen molar-refractivity contribution in [2.75, 3.05) is 13.2 Å². The quantitative estimate of drug-likeness (QED) is 0.247. The SMILES string of the molecule is N#Cc1cncc(COc2cc(OC3CCc4c(-c5ccccc5)cccc43)c(Cl)cc2CNCCO)c1. The summed E-state index contributed by atoms with van der Waals surface area (Å²) in [4.78, 5) is 4.11. The number of nitriles is 1. The predicted molar refractivity (Wildman–Crippen MR) is 147 cm³/mol. The average molecular weight is 526 g/mol. The van der Waals surface area contributed by atoms with E-state index >= 15 is 0 Å². The maximum absolute atomic E-state index is 9.18. The summed E-state index contributed by atoms with van der Waals surface area (Å²) in [6, 6.07) is 24.3. The Labute approximate surface area is 227 Å². The molecule has 3 aromatic carbocycles. The first-order valence-corrected chi connectivity index (χ1v) is 13.0. The molecule has 6 nitrogen and oxygen atoms in total. The molecule has 0 spiro atoms. The molecule has 1 aromatic heterocycles. The van der Waals surface area contributed by atoms with Crippen molar-refractivity contribution in [2.24, 2.45) is 0 Å². The van der Waals surface area contributed by atoms with Crippen molar-refractivity contribution in [3.05, 3.63) is 112 Å². The first-order valence-electron chi connectivity index (χ1n) is 12.6. The number of nitrogens with zero attached hydrogens (tertiary/aromatic N) is 2. The molecular formula is C31H28ClN3O3. The van der Waals surface area contributed by atoms with Crippen molar-refractivity contribution in [2.45, 2.75) is 32.1 Å². The van der Waals surface area contributed by atoms with Crippen molar-refractivity contribution in [1.29, 1.82) is 5.26 Å². The Morgan fingerprint density at radius 2 is 1.92 bits per heavy atom. The Morgan fingerprint density at radius 3 is 2.74 bits per heavy atom. The number of hydrogen-bond acceptors (Lipinski definition) is 6. The Hall–Kier alpha value is -3.89. The molecule has 1 atom stereocenters. The van der Waals surface area contributed by atoms with E-state index in [9.17, 15) is 10.4 Å². The zero-order valence-corrected chi connectivity index (χ0v) is 21.6. The van der Waals surface area contributed by atoms with E-state index in [1.54, 1.807) is 12.3 Å². The van der Waals surface area contributed by atoms with Crippen LogP contribution in [0.3, 0.4) is 0 Å². The number of benzene rings is 3. The normalized spacial score (nSPS) is 14.1. The van der Waals surface area contributed by atoms with Crippen LogP contribution in [0.1, 0.15) is 40.3 Å². The number of rotatable bonds is 10. The molecule has 0 radical (unpaired) electrons. The third kappa shape index (κ3) is 5.81. The van der Waals surface area contributed by atoms with Gasteiger partial charge in [-0.3, -0.25) is 4.98 Å². The highest BCUT2D eigenvalue weighted by atomic mass is 35.5. The highest BCUT2D eigenvalue weighted by Gasteiger charge is 2.27. The molecule has 0 aliphatic heterocycles. The molecule has 0 saturated heterocycles. The summed E-state index contributed by atoms with van der Waals surface area (Å²) in [6.45, 7) is 1.19. The molecule has 1 unspecified atom stereocenters. The van der Waals surface area contributed by atoms with Crippen LogP contribution in [0.15, 0.2) is 79.1 Å². The lowest BCUT2D eigenvalue weighted by molar-refractivity contribution is 0.206. The number of aliphatic hydroxyl groups is 1. The predicted octanol–water partition coefficient (Wildman–Crippen LogP) is 6.00. The molecule has 7 heteroatoms. The van der Waals surface area contributed by atoms with Crippen LogP contribution in [0.4, 0.5) is 0 Å². The van der Waals surface area contributed by atoms with Crippen LogP contribution >= 0.6 is 11.6 Å². The molecule has 0 amide bonds. The molecule has 0 bridgehead atoms. The van der Waals surface area contributed by atoms with E-state index in [0.29, 0.717) is 35.2 Å². The topological polar surface area (TPSA) is 87.4 Å². The number of aromatic nitrogens is 1. The Kier molecular flexibility index (Phi) is 8.20. The third-order valence-corrected chi connectivity index (χ3v) is 6.90. The van der Waals surface area contributed by atoms with Gasteiger partial charge in [-0.2, -0.15) is 5.26 Å². The Morgan fingerprint density at radius 1 is 1.05 bits per heavy atom. The molecule has 1 heterocycles. The minimum atomic E-state index is -0.117. The van der Waals surface area contributed by atoms with Crippen molar-refractivity contribution in [3.8, 4) is 28.7 Å². The fourth-order valence-electron chi connectivity index (χ4n) is 4.81. The van der Waals surface area contributed by atoms with Gasteiger partial charge >= 0.3 is 0 Å². The van der Waals surface area contributed by atoms with Gasteiger partial charge in [-0.25, -0.2) is 0 Å². The van der Waals surface area contributed by atoms with E-state index in [-0.39, 0.29) is 19.3 Å². The van der Waals surface area contributed by atoms with Crippen LogP contribution < -0.4 is 14.8 Å². The van der Waals surface area contributed by atoms with Crippen molar-refractivity contribution >= 4 is 11.6 Å². The smallest absolute Gasteiger partial charge is 0.142 e.